The van der Waals surface area contributed by atoms with Crippen LogP contribution in [0.4, 0.5) is 0 Å². The molecule has 39 heavy (non-hydrogen) atoms. The predicted molar refractivity (Wildman–Crippen MR) is 173 cm³/mol. The molecule has 1 aliphatic carbocycles. The number of likely N-dealkylation sites (N-methyl/N-ethyl adjacent to an activating group) is 1. The van der Waals surface area contributed by atoms with Gasteiger partial charge in [0, 0.05) is 88.6 Å². The molecule has 4 fully saturated rings. The molecule has 4 N–H and O–H groups in total. The third-order valence-electron chi connectivity index (χ3n) is 8.23. The number of piperazine rings is 2. The molecule has 234 valence electrons. The Bertz CT molecular complexity index is 505. The van der Waals surface area contributed by atoms with Crippen molar-refractivity contribution in [3.05, 3.63) is 0 Å². The molecule has 0 radical (unpaired) electrons. The summed E-state index contributed by atoms with van der Waals surface area (Å²) >= 11 is 0. The molecule has 3 aliphatic heterocycles. The minimum Gasteiger partial charge on any atom is -0.317 e. The van der Waals surface area contributed by atoms with Crippen LogP contribution in [0.25, 0.3) is 0 Å². The normalized spacial score (nSPS) is 22.7. The van der Waals surface area contributed by atoms with E-state index in [2.05, 4.69) is 98.4 Å². The Kier molecular flexibility index (Phi) is 21.0. The number of rotatable bonds is 6. The second kappa shape index (κ2) is 22.3. The van der Waals surface area contributed by atoms with E-state index in [-0.39, 0.29) is 0 Å². The summed E-state index contributed by atoms with van der Waals surface area (Å²) in [5.41, 5.74) is 0. The first-order chi connectivity index (χ1) is 18.6. The minimum absolute atomic E-state index is 0.642. The smallest absolute Gasteiger partial charge is 0.0112 e. The highest BCUT2D eigenvalue weighted by atomic mass is 15.3. The topological polar surface area (TPSA) is 57.8 Å². The van der Waals surface area contributed by atoms with Gasteiger partial charge >= 0.3 is 0 Å². The van der Waals surface area contributed by atoms with Gasteiger partial charge in [0.05, 0.1) is 0 Å². The highest BCUT2D eigenvalue weighted by molar-refractivity contribution is 4.76. The van der Waals surface area contributed by atoms with Crippen molar-refractivity contribution >= 4 is 0 Å². The number of nitrogens with one attached hydrogen (secondary N) is 4. The third-order valence-corrected chi connectivity index (χ3v) is 8.23. The summed E-state index contributed by atoms with van der Waals surface area (Å²) in [7, 11) is 2.19. The van der Waals surface area contributed by atoms with Crippen LogP contribution in [0.3, 0.4) is 0 Å². The molecule has 0 amide bonds. The van der Waals surface area contributed by atoms with Crippen LogP contribution < -0.4 is 21.3 Å². The Morgan fingerprint density at radius 2 is 0.923 bits per heavy atom. The summed E-state index contributed by atoms with van der Waals surface area (Å²) in [6, 6.07) is 4.36. The average molecular weight is 554 g/mol. The SMILES string of the molecule is CC(C)N1CCN(C)CC1.CC(C)N1CCNCC1.CC(C)NC1CCCCC1.CC(C)NC1CCNCC1. The fourth-order valence-corrected chi connectivity index (χ4v) is 5.74. The van der Waals surface area contributed by atoms with Gasteiger partial charge < -0.3 is 26.2 Å². The van der Waals surface area contributed by atoms with Gasteiger partial charge in [0.25, 0.3) is 0 Å². The van der Waals surface area contributed by atoms with E-state index in [1.807, 2.05) is 0 Å². The fourth-order valence-electron chi connectivity index (χ4n) is 5.74. The lowest BCUT2D eigenvalue weighted by molar-refractivity contribution is 0.126. The first kappa shape index (κ1) is 36.7. The van der Waals surface area contributed by atoms with E-state index in [4.69, 9.17) is 0 Å². The van der Waals surface area contributed by atoms with Crippen LogP contribution in [-0.4, -0.2) is 123 Å². The molecule has 7 nitrogen and oxygen atoms in total. The van der Waals surface area contributed by atoms with Crippen molar-refractivity contribution in [3.63, 3.8) is 0 Å². The van der Waals surface area contributed by atoms with Crippen molar-refractivity contribution in [1.82, 2.24) is 36.0 Å². The largest absolute Gasteiger partial charge is 0.317 e. The van der Waals surface area contributed by atoms with Crippen LogP contribution in [0.2, 0.25) is 0 Å². The number of hydrogen-bond acceptors (Lipinski definition) is 7. The molecule has 7 heteroatoms. The van der Waals surface area contributed by atoms with E-state index in [9.17, 15) is 0 Å². The summed E-state index contributed by atoms with van der Waals surface area (Å²) in [5, 5.41) is 13.8. The van der Waals surface area contributed by atoms with Crippen molar-refractivity contribution in [3.8, 4) is 0 Å². The lowest BCUT2D eigenvalue weighted by atomic mass is 9.95. The Morgan fingerprint density at radius 3 is 1.33 bits per heavy atom. The summed E-state index contributed by atoms with van der Waals surface area (Å²) in [6.45, 7) is 30.0. The Labute approximate surface area is 245 Å². The van der Waals surface area contributed by atoms with Crippen LogP contribution in [0.1, 0.15) is 100 Å². The standard InChI is InChI=1S/C9H19N.2C8H18N2.C7H16N2/c1-8(2)10-9-6-4-3-5-7-9;1-8(2)10-6-4-9(3)5-7-10;1-7(2)10-8-3-5-9-6-4-8;1-7(2)9-5-3-8-4-6-9/h8-10H,3-7H2,1-2H3;8H,4-7H2,1-3H3;7-10H,3-6H2,1-2H3;7-8H,3-6H2,1-2H3. The number of piperidine rings is 1. The molecule has 0 bridgehead atoms. The maximum Gasteiger partial charge on any atom is 0.0112 e. The molecule has 0 aromatic rings. The van der Waals surface area contributed by atoms with Gasteiger partial charge in [-0.15, -0.1) is 0 Å². The maximum atomic E-state index is 3.58. The lowest BCUT2D eigenvalue weighted by Crippen LogP contribution is -2.47. The Hall–Kier alpha value is -0.280. The summed E-state index contributed by atoms with van der Waals surface area (Å²) in [4.78, 5) is 7.41. The third kappa shape index (κ3) is 19.5. The fraction of sp³-hybridized carbons (Fsp3) is 1.00. The van der Waals surface area contributed by atoms with Gasteiger partial charge in [0.1, 0.15) is 0 Å². The molecule has 3 heterocycles. The number of nitrogens with zero attached hydrogens (tertiary/aromatic N) is 3. The van der Waals surface area contributed by atoms with Gasteiger partial charge in [-0.3, -0.25) is 9.80 Å². The summed E-state index contributed by atoms with van der Waals surface area (Å²) < 4.78 is 0. The van der Waals surface area contributed by atoms with E-state index in [1.165, 1.54) is 97.3 Å². The molecule has 0 aromatic carbocycles. The van der Waals surface area contributed by atoms with Gasteiger partial charge in [-0.25, -0.2) is 0 Å². The molecule has 3 saturated heterocycles. The second-order valence-corrected chi connectivity index (χ2v) is 13.3. The first-order valence-electron chi connectivity index (χ1n) is 16.7. The predicted octanol–water partition coefficient (Wildman–Crippen LogP) is 4.00. The molecular weight excluding hydrogens is 482 g/mol. The zero-order chi connectivity index (χ0) is 29.0. The molecule has 4 rings (SSSR count). The molecule has 0 spiro atoms. The Morgan fingerprint density at radius 1 is 0.513 bits per heavy atom. The van der Waals surface area contributed by atoms with E-state index in [1.54, 1.807) is 0 Å². The lowest BCUT2D eigenvalue weighted by Gasteiger charge is -2.34. The van der Waals surface area contributed by atoms with Crippen LogP contribution in [-0.2, 0) is 0 Å². The van der Waals surface area contributed by atoms with Crippen molar-refractivity contribution in [2.24, 2.45) is 0 Å². The van der Waals surface area contributed by atoms with E-state index < -0.39 is 0 Å². The summed E-state index contributed by atoms with van der Waals surface area (Å²) in [5.74, 6) is 0. The zero-order valence-electron chi connectivity index (χ0n) is 27.8. The van der Waals surface area contributed by atoms with Crippen molar-refractivity contribution in [2.75, 3.05) is 72.5 Å². The van der Waals surface area contributed by atoms with Crippen LogP contribution in [0.15, 0.2) is 0 Å². The summed E-state index contributed by atoms with van der Waals surface area (Å²) in [6.07, 6.45) is 9.71. The molecule has 4 aliphatic rings. The monoisotopic (exact) mass is 554 g/mol. The molecule has 0 atom stereocenters. The van der Waals surface area contributed by atoms with Crippen molar-refractivity contribution < 1.29 is 0 Å². The molecule has 0 unspecified atom stereocenters. The van der Waals surface area contributed by atoms with Gasteiger partial charge in [-0.2, -0.15) is 0 Å². The molecule has 0 aromatic heterocycles. The average Bonchev–Trinajstić information content (AvgIpc) is 2.91. The highest BCUT2D eigenvalue weighted by Gasteiger charge is 2.16. The van der Waals surface area contributed by atoms with Gasteiger partial charge in [-0.05, 0) is 73.5 Å². The zero-order valence-corrected chi connectivity index (χ0v) is 27.8. The number of hydrogen-bond donors (Lipinski definition) is 4. The van der Waals surface area contributed by atoms with Crippen LogP contribution in [0, 0.1) is 0 Å². The van der Waals surface area contributed by atoms with Gasteiger partial charge in [0.2, 0.25) is 0 Å². The van der Waals surface area contributed by atoms with Crippen molar-refractivity contribution in [2.45, 2.75) is 137 Å². The van der Waals surface area contributed by atoms with E-state index >= 15 is 0 Å². The van der Waals surface area contributed by atoms with E-state index in [0.29, 0.717) is 12.1 Å². The van der Waals surface area contributed by atoms with Crippen LogP contribution >= 0.6 is 0 Å². The molecular formula is C32H71N7. The second-order valence-electron chi connectivity index (χ2n) is 13.3. The van der Waals surface area contributed by atoms with Crippen LogP contribution in [0.5, 0.6) is 0 Å². The van der Waals surface area contributed by atoms with E-state index in [0.717, 1.165) is 37.3 Å². The van der Waals surface area contributed by atoms with Gasteiger partial charge in [-0.1, -0.05) is 47.0 Å². The molecule has 1 saturated carbocycles. The van der Waals surface area contributed by atoms with Crippen molar-refractivity contribution in [1.29, 1.82) is 0 Å². The quantitative estimate of drug-likeness (QED) is 0.397. The van der Waals surface area contributed by atoms with Gasteiger partial charge in [0.15, 0.2) is 0 Å². The maximum absolute atomic E-state index is 3.58. The Balaban J connectivity index is 0.000000260. The first-order valence-corrected chi connectivity index (χ1v) is 16.7. The minimum atomic E-state index is 0.642. The highest BCUT2D eigenvalue weighted by Crippen LogP contribution is 2.17.